The summed E-state index contributed by atoms with van der Waals surface area (Å²) in [5, 5.41) is 16.0. The van der Waals surface area contributed by atoms with Crippen molar-refractivity contribution in [2.45, 2.75) is 50.7 Å². The molecule has 1 aromatic carbocycles. The summed E-state index contributed by atoms with van der Waals surface area (Å²) in [5.41, 5.74) is 0.688. The van der Waals surface area contributed by atoms with Gasteiger partial charge < -0.3 is 15.7 Å². The fourth-order valence-electron chi connectivity index (χ4n) is 2.96. The normalized spacial score (nSPS) is 23.1. The molecule has 1 saturated carbocycles. The van der Waals surface area contributed by atoms with Crippen molar-refractivity contribution in [3.63, 3.8) is 0 Å². The van der Waals surface area contributed by atoms with Gasteiger partial charge in [0.1, 0.15) is 5.82 Å². The highest BCUT2D eigenvalue weighted by molar-refractivity contribution is 6.30. The summed E-state index contributed by atoms with van der Waals surface area (Å²) >= 11 is 5.69. The van der Waals surface area contributed by atoms with Gasteiger partial charge in [-0.05, 0) is 43.4 Å². The number of rotatable bonds is 5. The summed E-state index contributed by atoms with van der Waals surface area (Å²) in [4.78, 5) is 11.1. The van der Waals surface area contributed by atoms with Crippen LogP contribution >= 0.6 is 11.6 Å². The van der Waals surface area contributed by atoms with E-state index in [1.54, 1.807) is 6.07 Å². The van der Waals surface area contributed by atoms with Gasteiger partial charge in [-0.15, -0.1) is 0 Å². The SMILES string of the molecule is CC(=O)NC1CCC(N[C@@H](CO)c2ccc(Cl)c(F)c2)CC1. The highest BCUT2D eigenvalue weighted by Crippen LogP contribution is 2.24. The number of hydrogen-bond donors (Lipinski definition) is 3. The first-order valence-electron chi connectivity index (χ1n) is 7.58. The van der Waals surface area contributed by atoms with Crippen LogP contribution in [0.2, 0.25) is 5.02 Å². The van der Waals surface area contributed by atoms with E-state index in [0.717, 1.165) is 25.7 Å². The predicted octanol–water partition coefficient (Wildman–Crippen LogP) is 2.55. The number of carbonyl (C=O) groups is 1. The van der Waals surface area contributed by atoms with Crippen molar-refractivity contribution in [2.24, 2.45) is 0 Å². The molecule has 1 amide bonds. The summed E-state index contributed by atoms with van der Waals surface area (Å²) in [6, 6.07) is 4.76. The van der Waals surface area contributed by atoms with E-state index >= 15 is 0 Å². The lowest BCUT2D eigenvalue weighted by Crippen LogP contribution is -2.43. The predicted molar refractivity (Wildman–Crippen MR) is 84.2 cm³/mol. The second kappa shape index (κ2) is 7.90. The monoisotopic (exact) mass is 328 g/mol. The largest absolute Gasteiger partial charge is 0.394 e. The second-order valence-electron chi connectivity index (χ2n) is 5.82. The molecular weight excluding hydrogens is 307 g/mol. The van der Waals surface area contributed by atoms with E-state index < -0.39 is 5.82 Å². The van der Waals surface area contributed by atoms with Crippen LogP contribution in [-0.4, -0.2) is 29.7 Å². The van der Waals surface area contributed by atoms with Gasteiger partial charge in [0.25, 0.3) is 0 Å². The van der Waals surface area contributed by atoms with Gasteiger partial charge in [0.2, 0.25) is 5.91 Å². The van der Waals surface area contributed by atoms with Crippen molar-refractivity contribution in [3.8, 4) is 0 Å². The molecule has 22 heavy (non-hydrogen) atoms. The van der Waals surface area contributed by atoms with E-state index in [-0.39, 0.29) is 35.7 Å². The lowest BCUT2D eigenvalue weighted by atomic mass is 9.90. The molecule has 2 rings (SSSR count). The zero-order valence-corrected chi connectivity index (χ0v) is 13.4. The van der Waals surface area contributed by atoms with Crippen LogP contribution in [0.1, 0.15) is 44.2 Å². The summed E-state index contributed by atoms with van der Waals surface area (Å²) in [5.74, 6) is -0.477. The molecule has 122 valence electrons. The van der Waals surface area contributed by atoms with E-state index in [4.69, 9.17) is 11.6 Å². The van der Waals surface area contributed by atoms with Crippen LogP contribution in [0.25, 0.3) is 0 Å². The van der Waals surface area contributed by atoms with Crippen LogP contribution in [0.5, 0.6) is 0 Å². The molecular formula is C16H22ClFN2O2. The van der Waals surface area contributed by atoms with Crippen molar-refractivity contribution < 1.29 is 14.3 Å². The maximum atomic E-state index is 13.5. The van der Waals surface area contributed by atoms with Crippen LogP contribution in [0, 0.1) is 5.82 Å². The number of amides is 1. The first kappa shape index (κ1) is 17.2. The Morgan fingerprint density at radius 2 is 2.00 bits per heavy atom. The van der Waals surface area contributed by atoms with Crippen LogP contribution in [0.15, 0.2) is 18.2 Å². The molecule has 0 saturated heterocycles. The fourth-order valence-corrected chi connectivity index (χ4v) is 3.08. The first-order chi connectivity index (χ1) is 10.5. The molecule has 0 aliphatic heterocycles. The lowest BCUT2D eigenvalue weighted by molar-refractivity contribution is -0.119. The Morgan fingerprint density at radius 1 is 1.36 bits per heavy atom. The number of carbonyl (C=O) groups excluding carboxylic acids is 1. The Bertz CT molecular complexity index is 519. The van der Waals surface area contributed by atoms with E-state index in [9.17, 15) is 14.3 Å². The number of benzene rings is 1. The number of aliphatic hydroxyl groups excluding tert-OH is 1. The number of nitrogens with one attached hydrogen (secondary N) is 2. The molecule has 0 spiro atoms. The van der Waals surface area contributed by atoms with Crippen LogP contribution in [0.3, 0.4) is 0 Å². The number of aliphatic hydroxyl groups is 1. The van der Waals surface area contributed by atoms with Crippen LogP contribution in [-0.2, 0) is 4.79 Å². The zero-order chi connectivity index (χ0) is 16.1. The molecule has 0 unspecified atom stereocenters. The number of hydrogen-bond acceptors (Lipinski definition) is 3. The van der Waals surface area contributed by atoms with E-state index in [1.165, 1.54) is 19.1 Å². The maximum absolute atomic E-state index is 13.5. The molecule has 1 aliphatic carbocycles. The summed E-state index contributed by atoms with van der Waals surface area (Å²) in [6.07, 6.45) is 3.64. The fraction of sp³-hybridized carbons (Fsp3) is 0.562. The topological polar surface area (TPSA) is 61.4 Å². The molecule has 1 aliphatic rings. The minimum atomic E-state index is -0.478. The smallest absolute Gasteiger partial charge is 0.217 e. The Hall–Kier alpha value is -1.17. The van der Waals surface area contributed by atoms with Crippen molar-refractivity contribution in [1.82, 2.24) is 10.6 Å². The second-order valence-corrected chi connectivity index (χ2v) is 6.23. The Balaban J connectivity index is 1.91. The Morgan fingerprint density at radius 3 is 2.55 bits per heavy atom. The quantitative estimate of drug-likeness (QED) is 0.778. The van der Waals surface area contributed by atoms with Gasteiger partial charge in [0.15, 0.2) is 0 Å². The third-order valence-corrected chi connectivity index (χ3v) is 4.41. The minimum Gasteiger partial charge on any atom is -0.394 e. The van der Waals surface area contributed by atoms with Crippen LogP contribution in [0.4, 0.5) is 4.39 Å². The van der Waals surface area contributed by atoms with E-state index in [1.807, 2.05) is 0 Å². The van der Waals surface area contributed by atoms with E-state index in [0.29, 0.717) is 5.56 Å². The van der Waals surface area contributed by atoms with Gasteiger partial charge in [0, 0.05) is 19.0 Å². The third kappa shape index (κ3) is 4.66. The van der Waals surface area contributed by atoms with Crippen LogP contribution < -0.4 is 10.6 Å². The molecule has 0 heterocycles. The van der Waals surface area contributed by atoms with Crippen molar-refractivity contribution in [3.05, 3.63) is 34.6 Å². The minimum absolute atomic E-state index is 0.00119. The molecule has 0 bridgehead atoms. The summed E-state index contributed by atoms with van der Waals surface area (Å²) in [7, 11) is 0. The summed E-state index contributed by atoms with van der Waals surface area (Å²) in [6.45, 7) is 1.42. The lowest BCUT2D eigenvalue weighted by Gasteiger charge is -2.32. The molecule has 1 atom stereocenters. The molecule has 3 N–H and O–H groups in total. The standard InChI is InChI=1S/C16H22ClFN2O2/c1-10(22)19-12-3-5-13(6-4-12)20-16(9-21)11-2-7-14(17)15(18)8-11/h2,7-8,12-13,16,20-21H,3-6,9H2,1H3,(H,19,22)/t12?,13?,16-/m0/s1. The van der Waals surface area contributed by atoms with Gasteiger partial charge in [-0.2, -0.15) is 0 Å². The average molecular weight is 329 g/mol. The third-order valence-electron chi connectivity index (χ3n) is 4.10. The van der Waals surface area contributed by atoms with Crippen molar-refractivity contribution in [2.75, 3.05) is 6.61 Å². The highest BCUT2D eigenvalue weighted by Gasteiger charge is 2.24. The molecule has 6 heteroatoms. The molecule has 0 aromatic heterocycles. The highest BCUT2D eigenvalue weighted by atomic mass is 35.5. The molecule has 0 radical (unpaired) electrons. The summed E-state index contributed by atoms with van der Waals surface area (Å²) < 4.78 is 13.5. The van der Waals surface area contributed by atoms with Gasteiger partial charge >= 0.3 is 0 Å². The van der Waals surface area contributed by atoms with Gasteiger partial charge in [-0.25, -0.2) is 4.39 Å². The maximum Gasteiger partial charge on any atom is 0.217 e. The number of halogens is 2. The van der Waals surface area contributed by atoms with Crippen molar-refractivity contribution in [1.29, 1.82) is 0 Å². The van der Waals surface area contributed by atoms with Gasteiger partial charge in [0.05, 0.1) is 17.7 Å². The molecule has 4 nitrogen and oxygen atoms in total. The Kier molecular flexibility index (Phi) is 6.17. The Labute approximate surface area is 135 Å². The molecule has 1 fully saturated rings. The van der Waals surface area contributed by atoms with E-state index in [2.05, 4.69) is 10.6 Å². The average Bonchev–Trinajstić information content (AvgIpc) is 2.49. The van der Waals surface area contributed by atoms with Gasteiger partial charge in [-0.3, -0.25) is 4.79 Å². The molecule has 1 aromatic rings. The zero-order valence-electron chi connectivity index (χ0n) is 12.6. The van der Waals surface area contributed by atoms with Crippen molar-refractivity contribution >= 4 is 17.5 Å². The van der Waals surface area contributed by atoms with Gasteiger partial charge in [-0.1, -0.05) is 17.7 Å². The first-order valence-corrected chi connectivity index (χ1v) is 7.96.